The van der Waals surface area contributed by atoms with Crippen molar-refractivity contribution in [1.82, 2.24) is 15.0 Å². The van der Waals surface area contributed by atoms with Crippen LogP contribution < -0.4 is 0 Å². The second kappa shape index (κ2) is 3.98. The van der Waals surface area contributed by atoms with Crippen molar-refractivity contribution in [1.29, 1.82) is 0 Å². The smallest absolute Gasteiger partial charge is 0.262 e. The minimum atomic E-state index is -0.427. The number of nitrogens with zero attached hydrogens (tertiary/aromatic N) is 3. The van der Waals surface area contributed by atoms with Gasteiger partial charge in [0.2, 0.25) is 0 Å². The minimum Gasteiger partial charge on any atom is -0.440 e. The van der Waals surface area contributed by atoms with Crippen molar-refractivity contribution < 1.29 is 8.81 Å². The van der Waals surface area contributed by atoms with Crippen LogP contribution in [0.3, 0.4) is 0 Å². The molecule has 2 heterocycles. The molecule has 0 saturated heterocycles. The molecule has 0 saturated carbocycles. The van der Waals surface area contributed by atoms with Crippen LogP contribution in [-0.2, 0) is 0 Å². The highest BCUT2D eigenvalue weighted by Crippen LogP contribution is 2.27. The van der Waals surface area contributed by atoms with Crippen LogP contribution in [0.4, 0.5) is 4.39 Å². The third-order valence-electron chi connectivity index (χ3n) is 1.69. The van der Waals surface area contributed by atoms with Crippen LogP contribution in [0.5, 0.6) is 0 Å². The topological polar surface area (TPSA) is 51.8 Å². The zero-order valence-electron chi connectivity index (χ0n) is 8.19. The summed E-state index contributed by atoms with van der Waals surface area (Å²) in [6, 6.07) is 0. The van der Waals surface area contributed by atoms with Gasteiger partial charge in [0.25, 0.3) is 5.22 Å². The molecule has 15 heavy (non-hydrogen) atoms. The molecule has 0 aromatic carbocycles. The maximum atomic E-state index is 13.6. The van der Waals surface area contributed by atoms with Crippen LogP contribution in [0.1, 0.15) is 11.5 Å². The Labute approximate surface area is 90.0 Å². The molecular formula is C9H8FN3OS. The van der Waals surface area contributed by atoms with Crippen molar-refractivity contribution in [2.75, 3.05) is 0 Å². The lowest BCUT2D eigenvalue weighted by molar-refractivity contribution is 0.452. The normalized spacial score (nSPS) is 10.6. The predicted molar refractivity (Wildman–Crippen MR) is 52.1 cm³/mol. The van der Waals surface area contributed by atoms with E-state index in [0.29, 0.717) is 16.7 Å². The molecule has 0 radical (unpaired) electrons. The lowest BCUT2D eigenvalue weighted by atomic mass is 10.4. The molecule has 2 rings (SSSR count). The summed E-state index contributed by atoms with van der Waals surface area (Å²) in [6.45, 7) is 3.32. The molecule has 0 fully saturated rings. The summed E-state index contributed by atoms with van der Waals surface area (Å²) in [5.41, 5.74) is 0.330. The van der Waals surface area contributed by atoms with E-state index in [1.807, 2.05) is 0 Å². The highest BCUT2D eigenvalue weighted by Gasteiger charge is 2.13. The number of aromatic nitrogens is 3. The first-order valence-corrected chi connectivity index (χ1v) is 5.06. The molecule has 0 aliphatic rings. The van der Waals surface area contributed by atoms with E-state index in [2.05, 4.69) is 15.0 Å². The molecule has 0 aliphatic carbocycles. The molecule has 0 atom stereocenters. The Morgan fingerprint density at radius 2 is 2.13 bits per heavy atom. The summed E-state index contributed by atoms with van der Waals surface area (Å²) in [4.78, 5) is 11.8. The van der Waals surface area contributed by atoms with Crippen LogP contribution in [-0.4, -0.2) is 15.0 Å². The van der Waals surface area contributed by atoms with Gasteiger partial charge in [-0.15, -0.1) is 0 Å². The standard InChI is InChI=1S/C9H8FN3OS/c1-5-7(10)8(13-6(2)12-5)15-9-11-3-4-14-9/h3-4H,1-2H3. The van der Waals surface area contributed by atoms with Gasteiger partial charge in [-0.2, -0.15) is 0 Å². The highest BCUT2D eigenvalue weighted by atomic mass is 32.2. The van der Waals surface area contributed by atoms with Crippen molar-refractivity contribution >= 4 is 11.8 Å². The maximum absolute atomic E-state index is 13.6. The number of aryl methyl sites for hydroxylation is 2. The fraction of sp³-hybridized carbons (Fsp3) is 0.222. The van der Waals surface area contributed by atoms with Gasteiger partial charge in [-0.1, -0.05) is 0 Å². The highest BCUT2D eigenvalue weighted by molar-refractivity contribution is 7.99. The molecule has 0 unspecified atom stereocenters. The van der Waals surface area contributed by atoms with Crippen LogP contribution in [0.15, 0.2) is 27.1 Å². The van der Waals surface area contributed by atoms with Gasteiger partial charge < -0.3 is 4.42 Å². The maximum Gasteiger partial charge on any atom is 0.262 e. The summed E-state index contributed by atoms with van der Waals surface area (Å²) >= 11 is 1.05. The van der Waals surface area contributed by atoms with E-state index in [4.69, 9.17) is 4.42 Å². The second-order valence-electron chi connectivity index (χ2n) is 2.88. The van der Waals surface area contributed by atoms with E-state index < -0.39 is 5.82 Å². The van der Waals surface area contributed by atoms with Crippen molar-refractivity contribution in [3.63, 3.8) is 0 Å². The first-order valence-electron chi connectivity index (χ1n) is 4.25. The summed E-state index contributed by atoms with van der Waals surface area (Å²) in [7, 11) is 0. The van der Waals surface area contributed by atoms with Crippen molar-refractivity contribution in [3.05, 3.63) is 29.8 Å². The Kier molecular flexibility index (Phi) is 2.68. The van der Waals surface area contributed by atoms with Crippen molar-refractivity contribution in [3.8, 4) is 0 Å². The summed E-state index contributed by atoms with van der Waals surface area (Å²) in [6.07, 6.45) is 2.93. The molecule has 6 heteroatoms. The second-order valence-corrected chi connectivity index (χ2v) is 3.82. The van der Waals surface area contributed by atoms with E-state index >= 15 is 0 Å². The molecule has 2 aromatic heterocycles. The summed E-state index contributed by atoms with van der Waals surface area (Å²) in [5, 5.41) is 0.605. The predicted octanol–water partition coefficient (Wildman–Crippen LogP) is 2.37. The largest absolute Gasteiger partial charge is 0.440 e. The van der Waals surface area contributed by atoms with Gasteiger partial charge in [-0.3, -0.25) is 0 Å². The van der Waals surface area contributed by atoms with Gasteiger partial charge in [0.15, 0.2) is 5.82 Å². The molecular weight excluding hydrogens is 217 g/mol. The van der Waals surface area contributed by atoms with Crippen LogP contribution in [0.2, 0.25) is 0 Å². The summed E-state index contributed by atoms with van der Waals surface area (Å²) < 4.78 is 18.6. The van der Waals surface area contributed by atoms with Gasteiger partial charge in [0, 0.05) is 0 Å². The Morgan fingerprint density at radius 1 is 1.33 bits per heavy atom. The SMILES string of the molecule is Cc1nc(C)c(F)c(Sc2ncco2)n1. The van der Waals surface area contributed by atoms with Crippen LogP contribution in [0.25, 0.3) is 0 Å². The Balaban J connectivity index is 2.36. The molecule has 0 N–H and O–H groups in total. The lowest BCUT2D eigenvalue weighted by Crippen LogP contribution is -1.98. The fourth-order valence-corrected chi connectivity index (χ4v) is 1.88. The first kappa shape index (κ1) is 10.1. The zero-order chi connectivity index (χ0) is 10.8. The average Bonchev–Trinajstić information content (AvgIpc) is 2.66. The molecule has 0 spiro atoms. The Hall–Kier alpha value is -1.43. The molecule has 2 aromatic rings. The molecule has 0 aliphatic heterocycles. The molecule has 4 nitrogen and oxygen atoms in total. The minimum absolute atomic E-state index is 0.238. The molecule has 78 valence electrons. The van der Waals surface area contributed by atoms with Gasteiger partial charge in [0.05, 0.1) is 11.9 Å². The number of rotatable bonds is 2. The van der Waals surface area contributed by atoms with Crippen molar-refractivity contribution in [2.24, 2.45) is 0 Å². The van der Waals surface area contributed by atoms with Gasteiger partial charge >= 0.3 is 0 Å². The van der Waals surface area contributed by atoms with E-state index in [1.165, 1.54) is 12.5 Å². The average molecular weight is 225 g/mol. The quantitative estimate of drug-likeness (QED) is 0.734. The zero-order valence-corrected chi connectivity index (χ0v) is 9.01. The first-order chi connectivity index (χ1) is 7.16. The Morgan fingerprint density at radius 3 is 2.80 bits per heavy atom. The van der Waals surface area contributed by atoms with E-state index in [9.17, 15) is 4.39 Å². The third-order valence-corrected chi connectivity index (χ3v) is 2.53. The molecule has 0 bridgehead atoms. The number of halogens is 1. The number of hydrogen-bond acceptors (Lipinski definition) is 5. The lowest BCUT2D eigenvalue weighted by Gasteiger charge is -2.02. The van der Waals surface area contributed by atoms with Gasteiger partial charge in [-0.05, 0) is 25.6 Å². The van der Waals surface area contributed by atoms with E-state index in [-0.39, 0.29) is 5.03 Å². The van der Waals surface area contributed by atoms with Gasteiger partial charge in [0.1, 0.15) is 17.1 Å². The third kappa shape index (κ3) is 2.15. The van der Waals surface area contributed by atoms with Crippen LogP contribution in [0, 0.1) is 19.7 Å². The monoisotopic (exact) mass is 225 g/mol. The van der Waals surface area contributed by atoms with E-state index in [0.717, 1.165) is 11.8 Å². The fourth-order valence-electron chi connectivity index (χ4n) is 1.08. The van der Waals surface area contributed by atoms with Gasteiger partial charge in [-0.25, -0.2) is 19.3 Å². The van der Waals surface area contributed by atoms with Crippen molar-refractivity contribution in [2.45, 2.75) is 24.1 Å². The summed E-state index contributed by atoms with van der Waals surface area (Å²) in [5.74, 6) is 0.103. The number of hydrogen-bond donors (Lipinski definition) is 0. The van der Waals surface area contributed by atoms with E-state index in [1.54, 1.807) is 13.8 Å². The van der Waals surface area contributed by atoms with Crippen LogP contribution >= 0.6 is 11.8 Å². The Bertz CT molecular complexity index is 472. The molecule has 0 amide bonds. The number of oxazole rings is 1.